The summed E-state index contributed by atoms with van der Waals surface area (Å²) in [6, 6.07) is 8.47. The molecule has 0 aliphatic heterocycles. The van der Waals surface area contributed by atoms with Gasteiger partial charge in [-0.05, 0) is 37.1 Å². The number of rotatable bonds is 4. The third-order valence-corrected chi connectivity index (χ3v) is 2.95. The van der Waals surface area contributed by atoms with Crippen molar-refractivity contribution >= 4 is 10.8 Å². The van der Waals surface area contributed by atoms with Gasteiger partial charge < -0.3 is 0 Å². The van der Waals surface area contributed by atoms with Crippen molar-refractivity contribution in [3.05, 3.63) is 54.4 Å². The van der Waals surface area contributed by atoms with Crippen molar-refractivity contribution in [1.82, 2.24) is 4.98 Å². The monoisotopic (exact) mass is 211 g/mol. The molecule has 0 aliphatic carbocycles. The first kappa shape index (κ1) is 10.9. The van der Waals surface area contributed by atoms with E-state index >= 15 is 0 Å². The lowest BCUT2D eigenvalue weighted by Crippen LogP contribution is -1.94. The van der Waals surface area contributed by atoms with E-state index in [0.717, 1.165) is 25.0 Å². The Kier molecular flexibility index (Phi) is 3.35. The molecule has 0 atom stereocenters. The molecule has 2 aromatic rings. The molecular weight excluding hydrogens is 194 g/mol. The van der Waals surface area contributed by atoms with Crippen molar-refractivity contribution in [1.29, 1.82) is 0 Å². The van der Waals surface area contributed by atoms with Crippen LogP contribution in [0.25, 0.3) is 10.8 Å². The topological polar surface area (TPSA) is 12.9 Å². The largest absolute Gasteiger partial charge is 0.261 e. The Balaban J connectivity index is 2.40. The maximum atomic E-state index is 4.46. The molecule has 0 spiro atoms. The number of benzene rings is 1. The minimum absolute atomic E-state index is 1.07. The Morgan fingerprint density at radius 1 is 1.31 bits per heavy atom. The van der Waals surface area contributed by atoms with E-state index in [-0.39, 0.29) is 0 Å². The van der Waals surface area contributed by atoms with Gasteiger partial charge in [-0.3, -0.25) is 4.98 Å². The second kappa shape index (κ2) is 4.93. The molecule has 0 unspecified atom stereocenters. The van der Waals surface area contributed by atoms with E-state index in [1.807, 2.05) is 12.3 Å². The molecule has 0 aliphatic rings. The minimum Gasteiger partial charge on any atom is -0.261 e. The highest BCUT2D eigenvalue weighted by atomic mass is 14.7. The van der Waals surface area contributed by atoms with Gasteiger partial charge in [-0.1, -0.05) is 30.3 Å². The van der Waals surface area contributed by atoms with Crippen LogP contribution in [-0.2, 0) is 6.42 Å². The van der Waals surface area contributed by atoms with Gasteiger partial charge in [0.2, 0.25) is 0 Å². The van der Waals surface area contributed by atoms with Gasteiger partial charge in [0.25, 0.3) is 0 Å². The zero-order valence-electron chi connectivity index (χ0n) is 9.74. The van der Waals surface area contributed by atoms with Gasteiger partial charge >= 0.3 is 0 Å². The molecule has 1 nitrogen and oxygen atoms in total. The first-order valence-electron chi connectivity index (χ1n) is 5.77. The third kappa shape index (κ3) is 2.13. The van der Waals surface area contributed by atoms with Crippen LogP contribution in [0, 0.1) is 6.92 Å². The van der Waals surface area contributed by atoms with E-state index in [9.17, 15) is 0 Å². The molecule has 1 aromatic heterocycles. The SMILES string of the molecule is C=CCCCc1c(C)ncc2ccccc12. The number of fused-ring (bicyclic) bond motifs is 1. The predicted molar refractivity (Wildman–Crippen MR) is 69.6 cm³/mol. The highest BCUT2D eigenvalue weighted by Crippen LogP contribution is 2.21. The molecule has 82 valence electrons. The van der Waals surface area contributed by atoms with Gasteiger partial charge in [0.15, 0.2) is 0 Å². The maximum Gasteiger partial charge on any atom is 0.0411 e. The van der Waals surface area contributed by atoms with Crippen LogP contribution in [0.15, 0.2) is 43.1 Å². The third-order valence-electron chi connectivity index (χ3n) is 2.95. The van der Waals surface area contributed by atoms with Crippen LogP contribution in [0.4, 0.5) is 0 Å². The second-order valence-electron chi connectivity index (χ2n) is 4.09. The summed E-state index contributed by atoms with van der Waals surface area (Å²) in [7, 11) is 0. The number of hydrogen-bond acceptors (Lipinski definition) is 1. The molecule has 0 saturated heterocycles. The molecular formula is C15H17N. The van der Waals surface area contributed by atoms with Crippen molar-refractivity contribution in [2.45, 2.75) is 26.2 Å². The highest BCUT2D eigenvalue weighted by Gasteiger charge is 2.04. The molecule has 0 radical (unpaired) electrons. The van der Waals surface area contributed by atoms with E-state index in [1.54, 1.807) is 0 Å². The normalized spacial score (nSPS) is 10.6. The molecule has 2 rings (SSSR count). The predicted octanol–water partition coefficient (Wildman–Crippen LogP) is 4.05. The number of unbranched alkanes of at least 4 members (excludes halogenated alkanes) is 1. The smallest absolute Gasteiger partial charge is 0.0411 e. The van der Waals surface area contributed by atoms with Crippen LogP contribution in [0.5, 0.6) is 0 Å². The number of allylic oxidation sites excluding steroid dienone is 1. The van der Waals surface area contributed by atoms with Crippen LogP contribution in [0.1, 0.15) is 24.1 Å². The Morgan fingerprint density at radius 2 is 2.12 bits per heavy atom. The quantitative estimate of drug-likeness (QED) is 0.549. The Bertz CT molecular complexity index is 500. The van der Waals surface area contributed by atoms with Crippen LogP contribution >= 0.6 is 0 Å². The Labute approximate surface area is 96.8 Å². The zero-order chi connectivity index (χ0) is 11.4. The molecule has 16 heavy (non-hydrogen) atoms. The fraction of sp³-hybridized carbons (Fsp3) is 0.267. The average Bonchev–Trinajstić information content (AvgIpc) is 2.32. The lowest BCUT2D eigenvalue weighted by molar-refractivity contribution is 0.838. The zero-order valence-corrected chi connectivity index (χ0v) is 9.74. The number of nitrogens with zero attached hydrogens (tertiary/aromatic N) is 1. The first-order valence-corrected chi connectivity index (χ1v) is 5.77. The molecule has 0 bridgehead atoms. The van der Waals surface area contributed by atoms with Gasteiger partial charge in [-0.2, -0.15) is 0 Å². The van der Waals surface area contributed by atoms with Crippen LogP contribution in [0.3, 0.4) is 0 Å². The van der Waals surface area contributed by atoms with E-state index in [1.165, 1.54) is 16.3 Å². The summed E-state index contributed by atoms with van der Waals surface area (Å²) in [5.74, 6) is 0. The van der Waals surface area contributed by atoms with Crippen molar-refractivity contribution in [3.8, 4) is 0 Å². The molecule has 0 amide bonds. The van der Waals surface area contributed by atoms with Crippen molar-refractivity contribution < 1.29 is 0 Å². The summed E-state index contributed by atoms with van der Waals surface area (Å²) < 4.78 is 0. The number of pyridine rings is 1. The first-order chi connectivity index (χ1) is 7.83. The second-order valence-corrected chi connectivity index (χ2v) is 4.09. The van der Waals surface area contributed by atoms with Crippen molar-refractivity contribution in [2.24, 2.45) is 0 Å². The molecule has 1 heterocycles. The van der Waals surface area contributed by atoms with Gasteiger partial charge in [0.1, 0.15) is 0 Å². The van der Waals surface area contributed by atoms with Crippen molar-refractivity contribution in [3.63, 3.8) is 0 Å². The van der Waals surface area contributed by atoms with Crippen LogP contribution in [-0.4, -0.2) is 4.98 Å². The number of aryl methyl sites for hydroxylation is 2. The standard InChI is InChI=1S/C15H17N/c1-3-4-5-9-14-12(2)16-11-13-8-6-7-10-15(13)14/h3,6-8,10-11H,1,4-5,9H2,2H3. The van der Waals surface area contributed by atoms with E-state index in [0.29, 0.717) is 0 Å². The molecule has 1 aromatic carbocycles. The summed E-state index contributed by atoms with van der Waals surface area (Å²) in [5, 5.41) is 2.58. The van der Waals surface area contributed by atoms with Gasteiger partial charge in [0, 0.05) is 17.3 Å². The summed E-state index contributed by atoms with van der Waals surface area (Å²) in [6.45, 7) is 5.85. The van der Waals surface area contributed by atoms with Gasteiger partial charge in [-0.15, -0.1) is 6.58 Å². The molecule has 0 fully saturated rings. The van der Waals surface area contributed by atoms with E-state index in [2.05, 4.69) is 42.8 Å². The van der Waals surface area contributed by atoms with E-state index < -0.39 is 0 Å². The van der Waals surface area contributed by atoms with Crippen LogP contribution < -0.4 is 0 Å². The Hall–Kier alpha value is -1.63. The highest BCUT2D eigenvalue weighted by molar-refractivity contribution is 5.85. The lowest BCUT2D eigenvalue weighted by Gasteiger charge is -2.08. The fourth-order valence-electron chi connectivity index (χ4n) is 2.06. The molecule has 0 saturated carbocycles. The molecule has 0 N–H and O–H groups in total. The minimum atomic E-state index is 1.07. The average molecular weight is 211 g/mol. The number of hydrogen-bond donors (Lipinski definition) is 0. The Morgan fingerprint density at radius 3 is 2.94 bits per heavy atom. The van der Waals surface area contributed by atoms with Crippen LogP contribution in [0.2, 0.25) is 0 Å². The lowest BCUT2D eigenvalue weighted by atomic mass is 10.00. The summed E-state index contributed by atoms with van der Waals surface area (Å²) >= 11 is 0. The van der Waals surface area contributed by atoms with Gasteiger partial charge in [0.05, 0.1) is 0 Å². The van der Waals surface area contributed by atoms with Crippen molar-refractivity contribution in [2.75, 3.05) is 0 Å². The summed E-state index contributed by atoms with van der Waals surface area (Å²) in [5.41, 5.74) is 2.54. The fourth-order valence-corrected chi connectivity index (χ4v) is 2.06. The summed E-state index contributed by atoms with van der Waals surface area (Å²) in [6.07, 6.45) is 7.25. The molecule has 1 heteroatoms. The number of aromatic nitrogens is 1. The van der Waals surface area contributed by atoms with Gasteiger partial charge in [-0.25, -0.2) is 0 Å². The maximum absolute atomic E-state index is 4.46. The van der Waals surface area contributed by atoms with E-state index in [4.69, 9.17) is 0 Å². The summed E-state index contributed by atoms with van der Waals surface area (Å²) in [4.78, 5) is 4.46.